The SMILES string of the molecule is Cc1nn(C)c(CC(O)COC(C)C)c1Cl. The molecule has 0 saturated heterocycles. The van der Waals surface area contributed by atoms with Gasteiger partial charge in [-0.3, -0.25) is 4.68 Å². The van der Waals surface area contributed by atoms with Gasteiger partial charge in [0.05, 0.1) is 35.2 Å². The molecule has 0 aliphatic heterocycles. The molecule has 1 rings (SSSR count). The molecule has 0 saturated carbocycles. The van der Waals surface area contributed by atoms with Gasteiger partial charge in [-0.15, -0.1) is 0 Å². The van der Waals surface area contributed by atoms with Gasteiger partial charge in [-0.2, -0.15) is 5.10 Å². The molecule has 1 unspecified atom stereocenters. The second kappa shape index (κ2) is 5.66. The van der Waals surface area contributed by atoms with Crippen LogP contribution in [0.1, 0.15) is 25.2 Å². The van der Waals surface area contributed by atoms with Gasteiger partial charge in [0.2, 0.25) is 0 Å². The molecule has 16 heavy (non-hydrogen) atoms. The van der Waals surface area contributed by atoms with Crippen molar-refractivity contribution in [3.8, 4) is 0 Å². The lowest BCUT2D eigenvalue weighted by Gasteiger charge is -2.13. The summed E-state index contributed by atoms with van der Waals surface area (Å²) in [5.74, 6) is 0. The lowest BCUT2D eigenvalue weighted by molar-refractivity contribution is 0.00557. The fraction of sp³-hybridized carbons (Fsp3) is 0.727. The van der Waals surface area contributed by atoms with Crippen molar-refractivity contribution in [2.75, 3.05) is 6.61 Å². The summed E-state index contributed by atoms with van der Waals surface area (Å²) in [7, 11) is 1.82. The van der Waals surface area contributed by atoms with Gasteiger partial charge >= 0.3 is 0 Å². The van der Waals surface area contributed by atoms with E-state index in [4.69, 9.17) is 16.3 Å². The number of aliphatic hydroxyl groups excluding tert-OH is 1. The van der Waals surface area contributed by atoms with Crippen molar-refractivity contribution in [2.45, 2.75) is 39.4 Å². The second-order valence-corrected chi connectivity index (χ2v) is 4.59. The van der Waals surface area contributed by atoms with E-state index >= 15 is 0 Å². The number of hydrogen-bond acceptors (Lipinski definition) is 3. The normalized spacial score (nSPS) is 13.4. The molecule has 0 spiro atoms. The van der Waals surface area contributed by atoms with E-state index in [2.05, 4.69) is 5.10 Å². The van der Waals surface area contributed by atoms with Crippen molar-refractivity contribution in [3.63, 3.8) is 0 Å². The summed E-state index contributed by atoms with van der Waals surface area (Å²) in [5.41, 5.74) is 1.63. The maximum atomic E-state index is 9.78. The van der Waals surface area contributed by atoms with Crippen LogP contribution in [0.25, 0.3) is 0 Å². The third-order valence-corrected chi connectivity index (χ3v) is 2.80. The van der Waals surface area contributed by atoms with Gasteiger partial charge in [0.1, 0.15) is 0 Å². The molecule has 0 aliphatic carbocycles. The summed E-state index contributed by atoms with van der Waals surface area (Å²) in [4.78, 5) is 0. The Morgan fingerprint density at radius 3 is 2.56 bits per heavy atom. The highest BCUT2D eigenvalue weighted by molar-refractivity contribution is 6.31. The number of aromatic nitrogens is 2. The Bertz CT molecular complexity index is 350. The first-order valence-electron chi connectivity index (χ1n) is 5.39. The number of aliphatic hydroxyl groups is 1. The van der Waals surface area contributed by atoms with Gasteiger partial charge in [0.25, 0.3) is 0 Å². The molecule has 1 heterocycles. The molecule has 0 aromatic carbocycles. The summed E-state index contributed by atoms with van der Waals surface area (Å²) >= 11 is 6.09. The Morgan fingerprint density at radius 1 is 1.50 bits per heavy atom. The van der Waals surface area contributed by atoms with E-state index in [0.717, 1.165) is 11.4 Å². The molecule has 1 aromatic rings. The minimum Gasteiger partial charge on any atom is -0.390 e. The lowest BCUT2D eigenvalue weighted by Crippen LogP contribution is -2.22. The van der Waals surface area contributed by atoms with Gasteiger partial charge in [-0.25, -0.2) is 0 Å². The maximum Gasteiger partial charge on any atom is 0.0847 e. The van der Waals surface area contributed by atoms with Gasteiger partial charge in [0.15, 0.2) is 0 Å². The molecule has 0 amide bonds. The number of aryl methyl sites for hydroxylation is 2. The highest BCUT2D eigenvalue weighted by atomic mass is 35.5. The van der Waals surface area contributed by atoms with Crippen molar-refractivity contribution in [1.29, 1.82) is 0 Å². The van der Waals surface area contributed by atoms with Gasteiger partial charge < -0.3 is 9.84 Å². The van der Waals surface area contributed by atoms with Crippen LogP contribution in [0.5, 0.6) is 0 Å². The summed E-state index contributed by atoms with van der Waals surface area (Å²) < 4.78 is 7.04. The van der Waals surface area contributed by atoms with Crippen LogP contribution >= 0.6 is 11.6 Å². The van der Waals surface area contributed by atoms with E-state index in [0.29, 0.717) is 18.1 Å². The average Bonchev–Trinajstić information content (AvgIpc) is 2.42. The first kappa shape index (κ1) is 13.5. The third-order valence-electron chi connectivity index (χ3n) is 2.31. The van der Waals surface area contributed by atoms with Crippen molar-refractivity contribution in [2.24, 2.45) is 7.05 Å². The van der Waals surface area contributed by atoms with Crippen LogP contribution in [-0.4, -0.2) is 33.7 Å². The van der Waals surface area contributed by atoms with Crippen LogP contribution in [0, 0.1) is 6.92 Å². The quantitative estimate of drug-likeness (QED) is 0.861. The molecule has 0 radical (unpaired) electrons. The van der Waals surface area contributed by atoms with Crippen LogP contribution in [0.15, 0.2) is 0 Å². The highest BCUT2D eigenvalue weighted by Crippen LogP contribution is 2.20. The van der Waals surface area contributed by atoms with Crippen molar-refractivity contribution in [1.82, 2.24) is 9.78 Å². The maximum absolute atomic E-state index is 9.78. The largest absolute Gasteiger partial charge is 0.390 e. The summed E-state index contributed by atoms with van der Waals surface area (Å²) in [6.45, 7) is 6.04. The highest BCUT2D eigenvalue weighted by Gasteiger charge is 2.15. The Hall–Kier alpha value is -0.580. The van der Waals surface area contributed by atoms with E-state index in [-0.39, 0.29) is 6.10 Å². The van der Waals surface area contributed by atoms with Crippen LogP contribution in [0.4, 0.5) is 0 Å². The summed E-state index contributed by atoms with van der Waals surface area (Å²) in [6.07, 6.45) is 0.0381. The smallest absolute Gasteiger partial charge is 0.0847 e. The number of hydrogen-bond donors (Lipinski definition) is 1. The zero-order chi connectivity index (χ0) is 12.3. The standard InChI is InChI=1S/C11H19ClN2O2/c1-7(2)16-6-9(15)5-10-11(12)8(3)13-14(10)4/h7,9,15H,5-6H2,1-4H3. The van der Waals surface area contributed by atoms with Crippen LogP contribution in [-0.2, 0) is 18.2 Å². The minimum absolute atomic E-state index is 0.124. The van der Waals surface area contributed by atoms with Crippen LogP contribution in [0.3, 0.4) is 0 Å². The van der Waals surface area contributed by atoms with E-state index < -0.39 is 6.10 Å². The molecular formula is C11H19ClN2O2. The number of rotatable bonds is 5. The molecule has 0 fully saturated rings. The molecule has 92 valence electrons. The zero-order valence-electron chi connectivity index (χ0n) is 10.2. The van der Waals surface area contributed by atoms with Gasteiger partial charge in [-0.05, 0) is 20.8 Å². The number of halogens is 1. The van der Waals surface area contributed by atoms with Crippen LogP contribution < -0.4 is 0 Å². The molecule has 4 nitrogen and oxygen atoms in total. The molecule has 5 heteroatoms. The van der Waals surface area contributed by atoms with Gasteiger partial charge in [0, 0.05) is 13.5 Å². The summed E-state index contributed by atoms with van der Waals surface area (Å²) in [5, 5.41) is 14.6. The molecule has 0 bridgehead atoms. The lowest BCUT2D eigenvalue weighted by atomic mass is 10.2. The average molecular weight is 247 g/mol. The first-order valence-corrected chi connectivity index (χ1v) is 5.77. The molecule has 0 aliphatic rings. The topological polar surface area (TPSA) is 47.3 Å². The van der Waals surface area contributed by atoms with E-state index in [9.17, 15) is 5.11 Å². The Morgan fingerprint density at radius 2 is 2.12 bits per heavy atom. The van der Waals surface area contributed by atoms with Crippen molar-refractivity contribution in [3.05, 3.63) is 16.4 Å². The zero-order valence-corrected chi connectivity index (χ0v) is 11.0. The Balaban J connectivity index is 2.59. The Kier molecular flexibility index (Phi) is 4.77. The second-order valence-electron chi connectivity index (χ2n) is 4.21. The first-order chi connectivity index (χ1) is 7.41. The van der Waals surface area contributed by atoms with Crippen molar-refractivity contribution >= 4 is 11.6 Å². The van der Waals surface area contributed by atoms with Crippen molar-refractivity contribution < 1.29 is 9.84 Å². The number of ether oxygens (including phenoxy) is 1. The van der Waals surface area contributed by atoms with E-state index in [1.807, 2.05) is 27.8 Å². The van der Waals surface area contributed by atoms with E-state index in [1.165, 1.54) is 0 Å². The predicted molar refractivity (Wildman–Crippen MR) is 63.8 cm³/mol. The predicted octanol–water partition coefficient (Wildman–Crippen LogP) is 1.71. The molecule has 1 N–H and O–H groups in total. The fourth-order valence-corrected chi connectivity index (χ4v) is 1.72. The Labute approximate surface area is 101 Å². The monoisotopic (exact) mass is 246 g/mol. The fourth-order valence-electron chi connectivity index (χ4n) is 1.49. The van der Waals surface area contributed by atoms with E-state index in [1.54, 1.807) is 4.68 Å². The van der Waals surface area contributed by atoms with Gasteiger partial charge in [-0.1, -0.05) is 11.6 Å². The molecular weight excluding hydrogens is 228 g/mol. The summed E-state index contributed by atoms with van der Waals surface area (Å²) in [6, 6.07) is 0. The van der Waals surface area contributed by atoms with Crippen LogP contribution in [0.2, 0.25) is 5.02 Å². The number of nitrogens with zero attached hydrogens (tertiary/aromatic N) is 2. The molecule has 1 atom stereocenters. The molecule has 1 aromatic heterocycles. The third kappa shape index (κ3) is 3.47. The minimum atomic E-state index is -0.547.